The van der Waals surface area contributed by atoms with Crippen LogP contribution in [0.5, 0.6) is 0 Å². The average Bonchev–Trinajstić information content (AvgIpc) is 3.74. The number of nitrogens with two attached hydrogens (primary N) is 1. The maximum atomic E-state index is 13.9. The third-order valence-electron chi connectivity index (χ3n) is 9.72. The lowest BCUT2D eigenvalue weighted by atomic mass is 9.98. The first-order valence-electron chi connectivity index (χ1n) is 15.9. The summed E-state index contributed by atoms with van der Waals surface area (Å²) in [4.78, 5) is 47.8. The summed E-state index contributed by atoms with van der Waals surface area (Å²) >= 11 is 7.59. The molecule has 0 unspecified atom stereocenters. The van der Waals surface area contributed by atoms with Crippen molar-refractivity contribution >= 4 is 51.6 Å². The fourth-order valence-corrected chi connectivity index (χ4v) is 8.19. The van der Waals surface area contributed by atoms with Crippen LogP contribution in [0.4, 0.5) is 33.4 Å². The normalized spacial score (nSPS) is 20.9. The highest BCUT2D eigenvalue weighted by Gasteiger charge is 2.38. The Balaban J connectivity index is 1.13. The zero-order chi connectivity index (χ0) is 32.6. The van der Waals surface area contributed by atoms with Gasteiger partial charge in [0.05, 0.1) is 22.8 Å². The molecule has 46 heavy (non-hydrogen) atoms. The Morgan fingerprint density at radius 2 is 1.67 bits per heavy atom. The molecule has 0 aliphatic carbocycles. The van der Waals surface area contributed by atoms with Gasteiger partial charge in [0.25, 0.3) is 0 Å². The highest BCUT2D eigenvalue weighted by molar-refractivity contribution is 7.14. The Labute approximate surface area is 275 Å². The van der Waals surface area contributed by atoms with Crippen LogP contribution >= 0.6 is 22.9 Å². The van der Waals surface area contributed by atoms with Crippen LogP contribution in [-0.2, 0) is 23.9 Å². The van der Waals surface area contributed by atoms with Gasteiger partial charge in [0.15, 0.2) is 0 Å². The third-order valence-corrected chi connectivity index (χ3v) is 10.9. The molecule has 6 rings (SSSR count). The molecular weight excluding hydrogens is 643 g/mol. The first kappa shape index (κ1) is 32.7. The summed E-state index contributed by atoms with van der Waals surface area (Å²) < 4.78 is 41.2. The molecule has 2 aromatic rings. The smallest absolute Gasteiger partial charge is 0.397 e. The number of carbonyl (C=O) groups excluding carboxylic acids is 3. The summed E-state index contributed by atoms with van der Waals surface area (Å²) in [5, 5.41) is 8.32. The summed E-state index contributed by atoms with van der Waals surface area (Å²) in [6, 6.07) is 2.85. The van der Waals surface area contributed by atoms with Crippen LogP contribution in [0.25, 0.3) is 0 Å². The molecule has 250 valence electrons. The van der Waals surface area contributed by atoms with E-state index in [2.05, 4.69) is 15.5 Å². The van der Waals surface area contributed by atoms with Gasteiger partial charge < -0.3 is 30.7 Å². The minimum absolute atomic E-state index is 0.0517. The van der Waals surface area contributed by atoms with E-state index in [9.17, 15) is 27.6 Å². The molecule has 0 bridgehead atoms. The molecule has 1 aromatic carbocycles. The van der Waals surface area contributed by atoms with Gasteiger partial charge in [0, 0.05) is 50.2 Å². The van der Waals surface area contributed by atoms with Crippen LogP contribution in [0.3, 0.4) is 0 Å². The van der Waals surface area contributed by atoms with Gasteiger partial charge in [-0.05, 0) is 80.8 Å². The second-order valence-electron chi connectivity index (χ2n) is 12.6. The maximum Gasteiger partial charge on any atom is 0.418 e. The summed E-state index contributed by atoms with van der Waals surface area (Å²) in [7, 11) is 0. The number of thiophene rings is 1. The quantitative estimate of drug-likeness (QED) is 0.362. The van der Waals surface area contributed by atoms with E-state index in [0.717, 1.165) is 42.6 Å². The number of hydrogen-bond donors (Lipinski definition) is 3. The number of rotatable bonds is 6. The second kappa shape index (κ2) is 13.5. The molecule has 4 aliphatic heterocycles. The Morgan fingerprint density at radius 1 is 1.02 bits per heavy atom. The highest BCUT2D eigenvalue weighted by Crippen LogP contribution is 2.38. The summed E-state index contributed by atoms with van der Waals surface area (Å²) in [6.45, 7) is 4.39. The lowest BCUT2D eigenvalue weighted by Gasteiger charge is -2.40. The number of halogens is 4. The van der Waals surface area contributed by atoms with Crippen LogP contribution in [0.1, 0.15) is 55.2 Å². The number of fused-ring (bicyclic) bond motifs is 1. The largest absolute Gasteiger partial charge is 0.418 e. The Bertz CT molecular complexity index is 1450. The topological polar surface area (TPSA) is 114 Å². The second-order valence-corrected chi connectivity index (χ2v) is 13.9. The van der Waals surface area contributed by atoms with Crippen molar-refractivity contribution in [3.8, 4) is 0 Å². The lowest BCUT2D eigenvalue weighted by molar-refractivity contribution is -0.137. The molecule has 0 spiro atoms. The zero-order valence-corrected chi connectivity index (χ0v) is 27.0. The van der Waals surface area contributed by atoms with Crippen LogP contribution in [-0.4, -0.2) is 95.0 Å². The number of hydrogen-bond acceptors (Lipinski definition) is 6. The minimum Gasteiger partial charge on any atom is -0.397 e. The number of alkyl halides is 3. The Kier molecular flexibility index (Phi) is 9.58. The third kappa shape index (κ3) is 7.03. The van der Waals surface area contributed by atoms with Gasteiger partial charge in [-0.25, -0.2) is 9.59 Å². The van der Waals surface area contributed by atoms with E-state index >= 15 is 0 Å². The standard InChI is InChI=1S/C31H39ClF3N7O3S/c32-24-16-19(15-23(26(24)36)31(33,34)35)17-25(28(43)40-10-3-21(4-11-40)39-8-1-2-9-39)37-29(44)41-12-5-22(6-13-41)42-18-20-7-14-46-27(20)38-30(42)45/h7,14-16,21-22,25H,1-6,8-13,17-18,36H2,(H,37,44)(H,38,45)/t25-/m1/s1. The minimum atomic E-state index is -4.73. The van der Waals surface area contributed by atoms with Gasteiger partial charge in [0.1, 0.15) is 11.0 Å². The van der Waals surface area contributed by atoms with Crippen molar-refractivity contribution in [2.45, 2.75) is 75.8 Å². The van der Waals surface area contributed by atoms with Crippen molar-refractivity contribution < 1.29 is 27.6 Å². The van der Waals surface area contributed by atoms with E-state index in [4.69, 9.17) is 17.3 Å². The van der Waals surface area contributed by atoms with Crippen LogP contribution < -0.4 is 16.4 Å². The van der Waals surface area contributed by atoms with Crippen molar-refractivity contribution in [2.24, 2.45) is 0 Å². The van der Waals surface area contributed by atoms with Gasteiger partial charge in [-0.3, -0.25) is 10.1 Å². The van der Waals surface area contributed by atoms with Gasteiger partial charge in [-0.15, -0.1) is 11.3 Å². The van der Waals surface area contributed by atoms with E-state index < -0.39 is 29.5 Å². The van der Waals surface area contributed by atoms with Crippen molar-refractivity contribution in [1.82, 2.24) is 24.9 Å². The monoisotopic (exact) mass is 681 g/mol. The molecule has 4 aliphatic rings. The predicted molar refractivity (Wildman–Crippen MR) is 171 cm³/mol. The first-order valence-corrected chi connectivity index (χ1v) is 17.1. The van der Waals surface area contributed by atoms with E-state index in [0.29, 0.717) is 51.6 Å². The number of nitrogens with one attached hydrogen (secondary N) is 2. The molecule has 3 fully saturated rings. The SMILES string of the molecule is Nc1c(Cl)cc(C[C@@H](NC(=O)N2CCC(N3Cc4ccsc4NC3=O)CC2)C(=O)N2CCC(N3CCCC3)CC2)cc1C(F)(F)F. The Hall–Kier alpha value is -3.23. The van der Waals surface area contributed by atoms with Gasteiger partial charge in [0.2, 0.25) is 5.91 Å². The van der Waals surface area contributed by atoms with Crippen molar-refractivity contribution in [1.29, 1.82) is 0 Å². The fourth-order valence-electron chi connectivity index (χ4n) is 7.15. The van der Waals surface area contributed by atoms with Crippen LogP contribution in [0, 0.1) is 0 Å². The fraction of sp³-hybridized carbons (Fsp3) is 0.581. The number of nitrogen functional groups attached to an aromatic ring is 1. The molecule has 0 saturated carbocycles. The molecule has 5 heterocycles. The highest BCUT2D eigenvalue weighted by atomic mass is 35.5. The van der Waals surface area contributed by atoms with Gasteiger partial charge in [-0.2, -0.15) is 13.2 Å². The first-order chi connectivity index (χ1) is 22.0. The number of anilines is 2. The molecular formula is C31H39ClF3N7O3S. The molecule has 4 N–H and O–H groups in total. The number of benzene rings is 1. The summed E-state index contributed by atoms with van der Waals surface area (Å²) in [5.74, 6) is -0.332. The van der Waals surface area contributed by atoms with Gasteiger partial charge >= 0.3 is 18.2 Å². The lowest BCUT2D eigenvalue weighted by Crippen LogP contribution is -2.57. The number of urea groups is 2. The molecule has 0 radical (unpaired) electrons. The number of likely N-dealkylation sites (tertiary alicyclic amines) is 3. The van der Waals surface area contributed by atoms with Crippen molar-refractivity contribution in [3.63, 3.8) is 0 Å². The zero-order valence-electron chi connectivity index (χ0n) is 25.5. The summed E-state index contributed by atoms with van der Waals surface area (Å²) in [5.41, 5.74) is 5.21. The van der Waals surface area contributed by atoms with E-state index in [-0.39, 0.29) is 35.0 Å². The average molecular weight is 682 g/mol. The predicted octanol–water partition coefficient (Wildman–Crippen LogP) is 5.22. The van der Waals surface area contributed by atoms with Crippen LogP contribution in [0.2, 0.25) is 5.02 Å². The number of piperidine rings is 2. The molecule has 10 nitrogen and oxygen atoms in total. The number of amides is 5. The Morgan fingerprint density at radius 3 is 2.35 bits per heavy atom. The van der Waals surface area contributed by atoms with Crippen LogP contribution in [0.15, 0.2) is 23.6 Å². The number of nitrogens with zero attached hydrogens (tertiary/aromatic N) is 4. The van der Waals surface area contributed by atoms with E-state index in [1.165, 1.54) is 30.2 Å². The van der Waals surface area contributed by atoms with Crippen molar-refractivity contribution in [3.05, 3.63) is 45.3 Å². The maximum absolute atomic E-state index is 13.9. The molecule has 1 aromatic heterocycles. The van der Waals surface area contributed by atoms with E-state index in [1.54, 1.807) is 14.7 Å². The molecule has 15 heteroatoms. The van der Waals surface area contributed by atoms with Crippen molar-refractivity contribution in [2.75, 3.05) is 50.3 Å². The summed E-state index contributed by atoms with van der Waals surface area (Å²) in [6.07, 6.45) is 0.185. The van der Waals surface area contributed by atoms with Gasteiger partial charge in [-0.1, -0.05) is 11.6 Å². The molecule has 5 amide bonds. The van der Waals surface area contributed by atoms with E-state index in [1.807, 2.05) is 11.4 Å². The number of carbonyl (C=O) groups is 3. The molecule has 3 saturated heterocycles. The molecule has 1 atom stereocenters.